The lowest BCUT2D eigenvalue weighted by Crippen LogP contribution is -1.99. The number of imidazole rings is 1. The number of para-hydroxylation sites is 1. The fourth-order valence-corrected chi connectivity index (χ4v) is 2.24. The number of carboxylic acids is 1. The minimum atomic E-state index is -0.841. The zero-order valence-corrected chi connectivity index (χ0v) is 11.6. The predicted molar refractivity (Wildman–Crippen MR) is 81.9 cm³/mol. The van der Waals surface area contributed by atoms with E-state index in [9.17, 15) is 4.79 Å². The van der Waals surface area contributed by atoms with Gasteiger partial charge in [-0.15, -0.1) is 0 Å². The highest BCUT2D eigenvalue weighted by atomic mass is 16.4. The lowest BCUT2D eigenvalue weighted by molar-refractivity contribution is -0.136. The van der Waals surface area contributed by atoms with Crippen molar-refractivity contribution in [1.29, 1.82) is 0 Å². The number of fused-ring (bicyclic) bond motifs is 1. The van der Waals surface area contributed by atoms with Gasteiger partial charge in [-0.2, -0.15) is 0 Å². The third-order valence-electron chi connectivity index (χ3n) is 3.30. The van der Waals surface area contributed by atoms with Crippen molar-refractivity contribution < 1.29 is 9.90 Å². The van der Waals surface area contributed by atoms with E-state index in [2.05, 4.69) is 15.3 Å². The summed E-state index contributed by atoms with van der Waals surface area (Å²) >= 11 is 0. The molecule has 106 valence electrons. The minimum absolute atomic E-state index is 0.00944. The second-order valence-corrected chi connectivity index (χ2v) is 4.95. The van der Waals surface area contributed by atoms with Crippen LogP contribution in [0.15, 0.2) is 42.5 Å². The molecule has 0 aliphatic carbocycles. The van der Waals surface area contributed by atoms with Crippen LogP contribution in [-0.4, -0.2) is 21.0 Å². The van der Waals surface area contributed by atoms with E-state index >= 15 is 0 Å². The summed E-state index contributed by atoms with van der Waals surface area (Å²) in [5.74, 6) is -0.195. The Hall–Kier alpha value is -2.82. The molecule has 0 aliphatic heterocycles. The molecule has 0 saturated heterocycles. The van der Waals surface area contributed by atoms with Gasteiger partial charge in [0.15, 0.2) is 0 Å². The molecule has 0 radical (unpaired) electrons. The first-order valence-electron chi connectivity index (χ1n) is 6.65. The molecule has 0 atom stereocenters. The summed E-state index contributed by atoms with van der Waals surface area (Å²) in [5, 5.41) is 12.1. The molecule has 0 fully saturated rings. The van der Waals surface area contributed by atoms with Crippen LogP contribution in [0.4, 0.5) is 11.6 Å². The summed E-state index contributed by atoms with van der Waals surface area (Å²) in [6.07, 6.45) is 0.00944. The fourth-order valence-electron chi connectivity index (χ4n) is 2.24. The number of carbonyl (C=O) groups is 1. The number of aliphatic carboxylic acids is 1. The number of benzene rings is 2. The molecular formula is C16H15N3O2. The van der Waals surface area contributed by atoms with Crippen LogP contribution in [0.3, 0.4) is 0 Å². The highest BCUT2D eigenvalue weighted by Crippen LogP contribution is 2.21. The average molecular weight is 281 g/mol. The van der Waals surface area contributed by atoms with Crippen molar-refractivity contribution in [3.8, 4) is 0 Å². The maximum atomic E-state index is 10.8. The number of nitrogens with zero attached hydrogens (tertiary/aromatic N) is 1. The Bertz CT molecular complexity index is 808. The summed E-state index contributed by atoms with van der Waals surface area (Å²) < 4.78 is 0. The number of hydrogen-bond donors (Lipinski definition) is 3. The van der Waals surface area contributed by atoms with Gasteiger partial charge in [0.05, 0.1) is 17.5 Å². The van der Waals surface area contributed by atoms with Crippen molar-refractivity contribution in [3.05, 3.63) is 53.6 Å². The van der Waals surface area contributed by atoms with E-state index in [0.717, 1.165) is 27.8 Å². The molecule has 2 aromatic carbocycles. The Kier molecular flexibility index (Phi) is 3.31. The summed E-state index contributed by atoms with van der Waals surface area (Å²) in [5.41, 5.74) is 4.50. The van der Waals surface area contributed by atoms with E-state index in [1.807, 2.05) is 43.3 Å². The molecule has 3 N–H and O–H groups in total. The molecule has 1 aromatic heterocycles. The molecule has 0 bridgehead atoms. The Morgan fingerprint density at radius 3 is 2.86 bits per heavy atom. The van der Waals surface area contributed by atoms with Gasteiger partial charge in [-0.1, -0.05) is 24.3 Å². The van der Waals surface area contributed by atoms with Gasteiger partial charge < -0.3 is 15.4 Å². The Morgan fingerprint density at radius 1 is 1.29 bits per heavy atom. The van der Waals surface area contributed by atoms with Gasteiger partial charge in [-0.3, -0.25) is 4.79 Å². The van der Waals surface area contributed by atoms with E-state index < -0.39 is 5.97 Å². The standard InChI is InChI=1S/C16H15N3O2/c1-10-4-2-3-5-12(10)17-16-18-13-7-6-11(9-15(20)21)8-14(13)19-16/h2-8H,9H2,1H3,(H,20,21)(H2,17,18,19). The number of aromatic amines is 1. The van der Waals surface area contributed by atoms with E-state index in [1.165, 1.54) is 0 Å². The summed E-state index contributed by atoms with van der Waals surface area (Å²) in [6, 6.07) is 13.4. The van der Waals surface area contributed by atoms with Crippen LogP contribution >= 0.6 is 0 Å². The number of H-pyrrole nitrogens is 1. The number of aromatic nitrogens is 2. The van der Waals surface area contributed by atoms with Gasteiger partial charge in [0.1, 0.15) is 0 Å². The average Bonchev–Trinajstić information content (AvgIpc) is 2.82. The van der Waals surface area contributed by atoms with Crippen LogP contribution in [0.25, 0.3) is 11.0 Å². The van der Waals surface area contributed by atoms with Crippen LogP contribution in [0.5, 0.6) is 0 Å². The number of aryl methyl sites for hydroxylation is 1. The van der Waals surface area contributed by atoms with Crippen LogP contribution < -0.4 is 5.32 Å². The summed E-state index contributed by atoms with van der Waals surface area (Å²) in [4.78, 5) is 18.4. The van der Waals surface area contributed by atoms with E-state index in [4.69, 9.17) is 5.11 Å². The molecule has 5 nitrogen and oxygen atoms in total. The Morgan fingerprint density at radius 2 is 2.10 bits per heavy atom. The van der Waals surface area contributed by atoms with Crippen LogP contribution in [0, 0.1) is 6.92 Å². The highest BCUT2D eigenvalue weighted by molar-refractivity contribution is 5.81. The molecule has 21 heavy (non-hydrogen) atoms. The van der Waals surface area contributed by atoms with Gasteiger partial charge in [-0.05, 0) is 36.2 Å². The largest absolute Gasteiger partial charge is 0.481 e. The fraction of sp³-hybridized carbons (Fsp3) is 0.125. The third kappa shape index (κ3) is 2.86. The zero-order chi connectivity index (χ0) is 14.8. The van der Waals surface area contributed by atoms with Crippen molar-refractivity contribution in [2.75, 3.05) is 5.32 Å². The summed E-state index contributed by atoms with van der Waals surface area (Å²) in [6.45, 7) is 2.02. The Balaban J connectivity index is 1.90. The summed E-state index contributed by atoms with van der Waals surface area (Å²) in [7, 11) is 0. The molecular weight excluding hydrogens is 266 g/mol. The van der Waals surface area contributed by atoms with Crippen molar-refractivity contribution in [2.24, 2.45) is 0 Å². The van der Waals surface area contributed by atoms with E-state index in [1.54, 1.807) is 6.07 Å². The molecule has 3 rings (SSSR count). The highest BCUT2D eigenvalue weighted by Gasteiger charge is 2.07. The molecule has 0 saturated carbocycles. The smallest absolute Gasteiger partial charge is 0.307 e. The third-order valence-corrected chi connectivity index (χ3v) is 3.30. The van der Waals surface area contributed by atoms with Crippen LogP contribution in [0.2, 0.25) is 0 Å². The number of carboxylic acid groups (broad SMARTS) is 1. The minimum Gasteiger partial charge on any atom is -0.481 e. The molecule has 3 aromatic rings. The normalized spacial score (nSPS) is 10.7. The lowest BCUT2D eigenvalue weighted by Gasteiger charge is -2.05. The van der Waals surface area contributed by atoms with Crippen molar-refractivity contribution in [2.45, 2.75) is 13.3 Å². The second kappa shape index (κ2) is 5.28. The van der Waals surface area contributed by atoms with Crippen LogP contribution in [0.1, 0.15) is 11.1 Å². The van der Waals surface area contributed by atoms with E-state index in [-0.39, 0.29) is 6.42 Å². The number of anilines is 2. The van der Waals surface area contributed by atoms with Gasteiger partial charge in [0.2, 0.25) is 5.95 Å². The first-order valence-corrected chi connectivity index (χ1v) is 6.65. The topological polar surface area (TPSA) is 78.0 Å². The maximum Gasteiger partial charge on any atom is 0.307 e. The molecule has 0 spiro atoms. The monoisotopic (exact) mass is 281 g/mol. The SMILES string of the molecule is Cc1ccccc1Nc1nc2ccc(CC(=O)O)cc2[nH]1. The van der Waals surface area contributed by atoms with E-state index in [0.29, 0.717) is 5.95 Å². The number of nitrogens with one attached hydrogen (secondary N) is 2. The molecule has 1 heterocycles. The van der Waals surface area contributed by atoms with Crippen LogP contribution in [-0.2, 0) is 11.2 Å². The number of hydrogen-bond acceptors (Lipinski definition) is 3. The molecule has 0 amide bonds. The predicted octanol–water partition coefficient (Wildman–Crippen LogP) is 3.24. The van der Waals surface area contributed by atoms with Gasteiger partial charge in [0, 0.05) is 5.69 Å². The van der Waals surface area contributed by atoms with Crippen molar-refractivity contribution in [1.82, 2.24) is 9.97 Å². The molecule has 0 unspecified atom stereocenters. The maximum absolute atomic E-state index is 10.8. The first-order chi connectivity index (χ1) is 10.1. The lowest BCUT2D eigenvalue weighted by atomic mass is 10.1. The van der Waals surface area contributed by atoms with Crippen molar-refractivity contribution in [3.63, 3.8) is 0 Å². The first kappa shape index (κ1) is 13.2. The van der Waals surface area contributed by atoms with Gasteiger partial charge in [0.25, 0.3) is 0 Å². The van der Waals surface area contributed by atoms with Gasteiger partial charge >= 0.3 is 5.97 Å². The molecule has 0 aliphatic rings. The Labute approximate surface area is 121 Å². The number of rotatable bonds is 4. The van der Waals surface area contributed by atoms with Gasteiger partial charge in [-0.25, -0.2) is 4.98 Å². The quantitative estimate of drug-likeness (QED) is 0.686. The molecule has 5 heteroatoms. The second-order valence-electron chi connectivity index (χ2n) is 4.95. The zero-order valence-electron chi connectivity index (χ0n) is 11.6. The van der Waals surface area contributed by atoms with Crippen molar-refractivity contribution >= 4 is 28.6 Å².